The van der Waals surface area contributed by atoms with Crippen LogP contribution in [0.25, 0.3) is 10.9 Å². The van der Waals surface area contributed by atoms with Crippen molar-refractivity contribution in [2.45, 2.75) is 13.0 Å². The summed E-state index contributed by atoms with van der Waals surface area (Å²) in [5.74, 6) is 2.47. The highest BCUT2D eigenvalue weighted by molar-refractivity contribution is 5.86. The van der Waals surface area contributed by atoms with Crippen molar-refractivity contribution in [3.63, 3.8) is 0 Å². The molecule has 0 spiro atoms. The smallest absolute Gasteiger partial charge is 0.273 e. The number of benzene rings is 2. The Balaban J connectivity index is 1.92. The van der Waals surface area contributed by atoms with Gasteiger partial charge < -0.3 is 19.3 Å². The maximum absolute atomic E-state index is 11.2. The average Bonchev–Trinajstić information content (AvgIpc) is 2.82. The molecule has 0 aliphatic carbocycles. The third-order valence-electron chi connectivity index (χ3n) is 5.37. The number of nitrogens with one attached hydrogen (secondary N) is 2. The Morgan fingerprint density at radius 3 is 2.38 bits per heavy atom. The van der Waals surface area contributed by atoms with Crippen LogP contribution in [0.3, 0.4) is 0 Å². The molecule has 7 nitrogen and oxygen atoms in total. The molecule has 4 rings (SSSR count). The van der Waals surface area contributed by atoms with Crippen molar-refractivity contribution in [1.29, 1.82) is 0 Å². The minimum absolute atomic E-state index is 0.113. The third-order valence-corrected chi connectivity index (χ3v) is 5.37. The Morgan fingerprint density at radius 1 is 0.969 bits per heavy atom. The summed E-state index contributed by atoms with van der Waals surface area (Å²) in [5.41, 5.74) is 3.12. The SMILES string of the molecule is COc1cc([C@H](Nc2cc(C)cc[nH+]2)c2ccc3cccnc3c2O)cc(OC)c1OC. The summed E-state index contributed by atoms with van der Waals surface area (Å²) >= 11 is 0. The normalized spacial score (nSPS) is 11.8. The van der Waals surface area contributed by atoms with Crippen LogP contribution in [0.2, 0.25) is 0 Å². The van der Waals surface area contributed by atoms with Crippen molar-refractivity contribution in [3.05, 3.63) is 77.6 Å². The number of hydrogen-bond donors (Lipinski definition) is 2. The number of nitrogens with zero attached hydrogens (tertiary/aromatic N) is 1. The number of aromatic nitrogens is 2. The van der Waals surface area contributed by atoms with Gasteiger partial charge in [0.15, 0.2) is 11.5 Å². The number of phenolic OH excluding ortho intramolecular Hbond substituents is 1. The Bertz CT molecular complexity index is 1230. The summed E-state index contributed by atoms with van der Waals surface area (Å²) in [6, 6.07) is 14.9. The van der Waals surface area contributed by atoms with E-state index < -0.39 is 6.04 Å². The van der Waals surface area contributed by atoms with E-state index in [1.807, 2.05) is 61.7 Å². The van der Waals surface area contributed by atoms with Crippen LogP contribution < -0.4 is 24.5 Å². The number of aromatic amines is 1. The van der Waals surface area contributed by atoms with E-state index in [-0.39, 0.29) is 5.75 Å². The van der Waals surface area contributed by atoms with Gasteiger partial charge in [-0.1, -0.05) is 12.1 Å². The van der Waals surface area contributed by atoms with Gasteiger partial charge in [0, 0.05) is 28.8 Å². The highest BCUT2D eigenvalue weighted by Crippen LogP contribution is 2.43. The first-order valence-electron chi connectivity index (χ1n) is 10.2. The molecule has 0 saturated heterocycles. The minimum atomic E-state index is -0.437. The number of hydrogen-bond acceptors (Lipinski definition) is 6. The summed E-state index contributed by atoms with van der Waals surface area (Å²) in [7, 11) is 4.73. The molecule has 0 saturated carbocycles. The molecular formula is C25H26N3O4+. The number of fused-ring (bicyclic) bond motifs is 1. The number of aryl methyl sites for hydroxylation is 1. The van der Waals surface area contributed by atoms with Gasteiger partial charge >= 0.3 is 0 Å². The quantitative estimate of drug-likeness (QED) is 0.453. The Labute approximate surface area is 186 Å². The van der Waals surface area contributed by atoms with Gasteiger partial charge in [-0.15, -0.1) is 0 Å². The van der Waals surface area contributed by atoms with Crippen LogP contribution >= 0.6 is 0 Å². The molecule has 0 aliphatic rings. The minimum Gasteiger partial charge on any atom is -0.505 e. The molecule has 164 valence electrons. The predicted octanol–water partition coefficient (Wildman–Crippen LogP) is 4.29. The zero-order valence-electron chi connectivity index (χ0n) is 18.5. The van der Waals surface area contributed by atoms with E-state index in [2.05, 4.69) is 15.3 Å². The number of rotatable bonds is 7. The van der Waals surface area contributed by atoms with Gasteiger partial charge in [0.1, 0.15) is 17.3 Å². The van der Waals surface area contributed by atoms with Crippen molar-refractivity contribution >= 4 is 16.7 Å². The lowest BCUT2D eigenvalue weighted by molar-refractivity contribution is -0.361. The van der Waals surface area contributed by atoms with Crippen LogP contribution in [-0.4, -0.2) is 31.4 Å². The van der Waals surface area contributed by atoms with E-state index in [1.54, 1.807) is 27.5 Å². The topological polar surface area (TPSA) is 87.0 Å². The first-order valence-corrected chi connectivity index (χ1v) is 10.2. The number of methoxy groups -OCH3 is 3. The van der Waals surface area contributed by atoms with Crippen LogP contribution in [0.5, 0.6) is 23.0 Å². The Morgan fingerprint density at radius 2 is 1.72 bits per heavy atom. The highest BCUT2D eigenvalue weighted by Gasteiger charge is 2.27. The third kappa shape index (κ3) is 3.97. The molecule has 0 bridgehead atoms. The van der Waals surface area contributed by atoms with E-state index in [9.17, 15) is 5.11 Å². The summed E-state index contributed by atoms with van der Waals surface area (Å²) in [6.07, 6.45) is 3.54. The van der Waals surface area contributed by atoms with Gasteiger partial charge in [-0.2, -0.15) is 0 Å². The molecule has 4 aromatic rings. The molecule has 7 heteroatoms. The van der Waals surface area contributed by atoms with Crippen LogP contribution in [-0.2, 0) is 0 Å². The van der Waals surface area contributed by atoms with Crippen molar-refractivity contribution in [3.8, 4) is 23.0 Å². The van der Waals surface area contributed by atoms with Crippen LogP contribution in [0.1, 0.15) is 22.7 Å². The second-order valence-electron chi connectivity index (χ2n) is 7.39. The molecule has 0 unspecified atom stereocenters. The van der Waals surface area contributed by atoms with Crippen LogP contribution in [0.4, 0.5) is 5.82 Å². The molecule has 1 atom stereocenters. The predicted molar refractivity (Wildman–Crippen MR) is 123 cm³/mol. The average molecular weight is 433 g/mol. The molecule has 2 aromatic carbocycles. The first kappa shape index (κ1) is 21.2. The van der Waals surface area contributed by atoms with Crippen LogP contribution in [0, 0.1) is 6.92 Å². The van der Waals surface area contributed by atoms with E-state index in [1.165, 1.54) is 0 Å². The lowest BCUT2D eigenvalue weighted by atomic mass is 9.95. The van der Waals surface area contributed by atoms with Gasteiger partial charge in [-0.3, -0.25) is 10.3 Å². The van der Waals surface area contributed by atoms with Gasteiger partial charge in [0.2, 0.25) is 5.75 Å². The lowest BCUT2D eigenvalue weighted by Gasteiger charge is -2.20. The molecule has 2 heterocycles. The van der Waals surface area contributed by atoms with Gasteiger partial charge in [-0.05, 0) is 42.8 Å². The van der Waals surface area contributed by atoms with Gasteiger partial charge in [-0.25, -0.2) is 4.98 Å². The van der Waals surface area contributed by atoms with Crippen molar-refractivity contribution in [2.75, 3.05) is 26.6 Å². The standard InChI is InChI=1S/C25H25N3O4/c1-15-9-11-26-21(12-15)28-22(17-13-19(30-2)25(32-4)20(14-17)31-3)18-8-7-16-6-5-10-27-23(16)24(18)29/h5-14,22,29H,1-4H3,(H,26,28)/p+1/t22-/m0/s1. The fourth-order valence-corrected chi connectivity index (χ4v) is 3.81. The van der Waals surface area contributed by atoms with Crippen molar-refractivity contribution in [1.82, 2.24) is 4.98 Å². The molecule has 0 amide bonds. The molecule has 2 aromatic heterocycles. The number of anilines is 1. The van der Waals surface area contributed by atoms with Crippen molar-refractivity contribution < 1.29 is 24.3 Å². The zero-order valence-corrected chi connectivity index (χ0v) is 18.5. The summed E-state index contributed by atoms with van der Waals surface area (Å²) < 4.78 is 16.6. The second-order valence-corrected chi connectivity index (χ2v) is 7.39. The summed E-state index contributed by atoms with van der Waals surface area (Å²) in [5, 5.41) is 15.5. The largest absolute Gasteiger partial charge is 0.505 e. The number of ether oxygens (including phenoxy) is 3. The molecular weight excluding hydrogens is 406 g/mol. The second kappa shape index (κ2) is 9.01. The number of pyridine rings is 2. The van der Waals surface area contributed by atoms with Gasteiger partial charge in [0.25, 0.3) is 5.82 Å². The number of H-pyrrole nitrogens is 1. The number of aromatic hydroxyl groups is 1. The Hall–Kier alpha value is -4.00. The van der Waals surface area contributed by atoms with E-state index in [0.717, 1.165) is 22.3 Å². The first-order chi connectivity index (χ1) is 15.5. The van der Waals surface area contributed by atoms with Crippen molar-refractivity contribution in [2.24, 2.45) is 0 Å². The molecule has 0 aliphatic heterocycles. The zero-order chi connectivity index (χ0) is 22.7. The summed E-state index contributed by atoms with van der Waals surface area (Å²) in [4.78, 5) is 7.60. The Kier molecular flexibility index (Phi) is 5.98. The van der Waals surface area contributed by atoms with E-state index in [4.69, 9.17) is 14.2 Å². The fourth-order valence-electron chi connectivity index (χ4n) is 3.81. The summed E-state index contributed by atoms with van der Waals surface area (Å²) in [6.45, 7) is 2.02. The molecule has 0 fully saturated rings. The van der Waals surface area contributed by atoms with Crippen LogP contribution in [0.15, 0.2) is 60.9 Å². The van der Waals surface area contributed by atoms with E-state index >= 15 is 0 Å². The maximum atomic E-state index is 11.2. The molecule has 3 N–H and O–H groups in total. The van der Waals surface area contributed by atoms with E-state index in [0.29, 0.717) is 28.3 Å². The number of phenols is 1. The monoisotopic (exact) mass is 432 g/mol. The molecule has 0 radical (unpaired) electrons. The molecule has 32 heavy (non-hydrogen) atoms. The van der Waals surface area contributed by atoms with Gasteiger partial charge in [0.05, 0.1) is 27.5 Å². The fraction of sp³-hybridized carbons (Fsp3) is 0.200. The lowest BCUT2D eigenvalue weighted by Crippen LogP contribution is -2.19. The maximum Gasteiger partial charge on any atom is 0.273 e. The highest BCUT2D eigenvalue weighted by atomic mass is 16.5.